The summed E-state index contributed by atoms with van der Waals surface area (Å²) in [5.41, 5.74) is 1.25. The molecule has 2 aromatic rings. The van der Waals surface area contributed by atoms with Gasteiger partial charge in [0.15, 0.2) is 11.5 Å². The van der Waals surface area contributed by atoms with Gasteiger partial charge in [0.1, 0.15) is 5.75 Å². The minimum atomic E-state index is 0.179. The van der Waals surface area contributed by atoms with E-state index in [2.05, 4.69) is 26.0 Å². The molecule has 0 aliphatic heterocycles. The molecule has 2 nitrogen and oxygen atoms in total. The van der Waals surface area contributed by atoms with Crippen LogP contribution in [0.25, 0.3) is 0 Å². The van der Waals surface area contributed by atoms with Gasteiger partial charge in [0, 0.05) is 0 Å². The lowest BCUT2D eigenvalue weighted by molar-refractivity contribution is 0.404. The van der Waals surface area contributed by atoms with Crippen molar-refractivity contribution in [2.45, 2.75) is 58.3 Å². The predicted octanol–water partition coefficient (Wildman–Crippen LogP) is 6.65. The van der Waals surface area contributed by atoms with Crippen LogP contribution in [-0.4, -0.2) is 5.11 Å². The van der Waals surface area contributed by atoms with Gasteiger partial charge in [0.2, 0.25) is 0 Å². The van der Waals surface area contributed by atoms with Crippen LogP contribution in [0.3, 0.4) is 0 Å². The molecule has 1 atom stereocenters. The topological polar surface area (TPSA) is 29.5 Å². The van der Waals surface area contributed by atoms with Crippen LogP contribution in [0.4, 0.5) is 0 Å². The number of phenolic OH excluding ortho intramolecular Hbond substituents is 1. The van der Waals surface area contributed by atoms with Crippen LogP contribution < -0.4 is 4.74 Å². The average molecular weight is 312 g/mol. The Morgan fingerprint density at radius 3 is 2.26 bits per heavy atom. The number of ether oxygens (including phenoxy) is 1. The molecule has 2 aromatic carbocycles. The molecular weight excluding hydrogens is 284 g/mol. The quantitative estimate of drug-likeness (QED) is 0.525. The Hall–Kier alpha value is -1.96. The molecule has 0 heterocycles. The van der Waals surface area contributed by atoms with Gasteiger partial charge >= 0.3 is 0 Å². The number of para-hydroxylation sites is 3. The van der Waals surface area contributed by atoms with Gasteiger partial charge in [-0.15, -0.1) is 0 Å². The Morgan fingerprint density at radius 2 is 1.57 bits per heavy atom. The average Bonchev–Trinajstić information content (AvgIpc) is 2.58. The molecule has 0 radical (unpaired) electrons. The maximum Gasteiger partial charge on any atom is 0.169 e. The molecule has 23 heavy (non-hydrogen) atoms. The van der Waals surface area contributed by atoms with Crippen LogP contribution in [0.2, 0.25) is 0 Å². The van der Waals surface area contributed by atoms with E-state index in [4.69, 9.17) is 4.74 Å². The fraction of sp³-hybridized carbons (Fsp3) is 0.429. The van der Waals surface area contributed by atoms with Gasteiger partial charge < -0.3 is 9.84 Å². The Balaban J connectivity index is 2.13. The molecule has 0 bridgehead atoms. The molecule has 0 spiro atoms. The van der Waals surface area contributed by atoms with Crippen LogP contribution in [-0.2, 0) is 0 Å². The van der Waals surface area contributed by atoms with E-state index in [0.717, 1.165) is 12.2 Å². The molecule has 0 aromatic heterocycles. The van der Waals surface area contributed by atoms with E-state index in [-0.39, 0.29) is 5.75 Å². The Kier molecular flexibility index (Phi) is 6.99. The van der Waals surface area contributed by atoms with Gasteiger partial charge in [-0.25, -0.2) is 0 Å². The molecule has 0 fully saturated rings. The molecule has 124 valence electrons. The van der Waals surface area contributed by atoms with Gasteiger partial charge in [-0.2, -0.15) is 0 Å². The van der Waals surface area contributed by atoms with E-state index in [1.54, 1.807) is 18.2 Å². The number of hydrogen-bond acceptors (Lipinski definition) is 2. The third-order valence-corrected chi connectivity index (χ3v) is 4.34. The Bertz CT molecular complexity index is 592. The highest BCUT2D eigenvalue weighted by Crippen LogP contribution is 2.37. The molecule has 0 saturated carbocycles. The third-order valence-electron chi connectivity index (χ3n) is 4.34. The van der Waals surface area contributed by atoms with Crippen molar-refractivity contribution in [3.8, 4) is 17.2 Å². The number of phenols is 1. The van der Waals surface area contributed by atoms with Crippen LogP contribution in [0.15, 0.2) is 48.5 Å². The fourth-order valence-electron chi connectivity index (χ4n) is 2.97. The molecule has 1 unspecified atom stereocenters. The Morgan fingerprint density at radius 1 is 0.870 bits per heavy atom. The second kappa shape index (κ2) is 9.24. The van der Waals surface area contributed by atoms with E-state index in [1.165, 1.54) is 37.7 Å². The zero-order chi connectivity index (χ0) is 16.5. The molecule has 0 amide bonds. The van der Waals surface area contributed by atoms with Crippen molar-refractivity contribution in [2.75, 3.05) is 0 Å². The zero-order valence-corrected chi connectivity index (χ0v) is 14.3. The SMILES string of the molecule is CCCCCCC(CC)c1ccccc1Oc1ccccc1O. The summed E-state index contributed by atoms with van der Waals surface area (Å²) in [7, 11) is 0. The molecule has 2 heteroatoms. The van der Waals surface area contributed by atoms with Gasteiger partial charge in [0.25, 0.3) is 0 Å². The second-order valence-corrected chi connectivity index (χ2v) is 6.06. The molecular formula is C21H28O2. The lowest BCUT2D eigenvalue weighted by Crippen LogP contribution is -2.00. The number of aromatic hydroxyl groups is 1. The first kappa shape index (κ1) is 17.4. The molecule has 2 rings (SSSR count). The zero-order valence-electron chi connectivity index (χ0n) is 14.3. The predicted molar refractivity (Wildman–Crippen MR) is 96.4 cm³/mol. The van der Waals surface area contributed by atoms with Crippen molar-refractivity contribution >= 4 is 0 Å². The number of rotatable bonds is 9. The van der Waals surface area contributed by atoms with Crippen molar-refractivity contribution in [3.05, 3.63) is 54.1 Å². The number of unbranched alkanes of at least 4 members (excludes halogenated alkanes) is 3. The van der Waals surface area contributed by atoms with Crippen molar-refractivity contribution < 1.29 is 9.84 Å². The van der Waals surface area contributed by atoms with E-state index >= 15 is 0 Å². The number of hydrogen-bond donors (Lipinski definition) is 1. The summed E-state index contributed by atoms with van der Waals surface area (Å²) in [4.78, 5) is 0. The molecule has 0 aliphatic rings. The van der Waals surface area contributed by atoms with E-state index < -0.39 is 0 Å². The second-order valence-electron chi connectivity index (χ2n) is 6.06. The summed E-state index contributed by atoms with van der Waals surface area (Å²) in [6, 6.07) is 15.3. The highest BCUT2D eigenvalue weighted by atomic mass is 16.5. The minimum absolute atomic E-state index is 0.179. The highest BCUT2D eigenvalue weighted by molar-refractivity contribution is 5.45. The summed E-state index contributed by atoms with van der Waals surface area (Å²) >= 11 is 0. The standard InChI is InChI=1S/C21H28O2/c1-3-5-6-7-12-17(4-2)18-13-8-10-15-20(18)23-21-16-11-9-14-19(21)22/h8-11,13-17,22H,3-7,12H2,1-2H3. The summed E-state index contributed by atoms with van der Waals surface area (Å²) in [6.07, 6.45) is 7.44. The lowest BCUT2D eigenvalue weighted by Gasteiger charge is -2.19. The first-order valence-corrected chi connectivity index (χ1v) is 8.81. The van der Waals surface area contributed by atoms with Crippen LogP contribution in [0.5, 0.6) is 17.2 Å². The van der Waals surface area contributed by atoms with Crippen molar-refractivity contribution in [1.29, 1.82) is 0 Å². The maximum absolute atomic E-state index is 9.93. The highest BCUT2D eigenvalue weighted by Gasteiger charge is 2.15. The summed E-state index contributed by atoms with van der Waals surface area (Å²) < 4.78 is 6.00. The smallest absolute Gasteiger partial charge is 0.169 e. The molecule has 0 saturated heterocycles. The van der Waals surface area contributed by atoms with Gasteiger partial charge in [-0.1, -0.05) is 69.9 Å². The Labute approximate surface area is 140 Å². The van der Waals surface area contributed by atoms with Crippen LogP contribution >= 0.6 is 0 Å². The van der Waals surface area contributed by atoms with E-state index in [1.807, 2.05) is 18.2 Å². The summed E-state index contributed by atoms with van der Waals surface area (Å²) in [5.74, 6) is 2.06. The first-order chi connectivity index (χ1) is 11.3. The fourth-order valence-corrected chi connectivity index (χ4v) is 2.97. The lowest BCUT2D eigenvalue weighted by atomic mass is 9.90. The normalized spacial score (nSPS) is 12.1. The van der Waals surface area contributed by atoms with E-state index in [9.17, 15) is 5.11 Å². The largest absolute Gasteiger partial charge is 0.504 e. The monoisotopic (exact) mass is 312 g/mol. The first-order valence-electron chi connectivity index (χ1n) is 8.81. The van der Waals surface area contributed by atoms with Gasteiger partial charge in [0.05, 0.1) is 0 Å². The van der Waals surface area contributed by atoms with Crippen molar-refractivity contribution in [2.24, 2.45) is 0 Å². The van der Waals surface area contributed by atoms with Gasteiger partial charge in [-0.05, 0) is 42.5 Å². The van der Waals surface area contributed by atoms with Crippen molar-refractivity contribution in [1.82, 2.24) is 0 Å². The molecule has 1 N–H and O–H groups in total. The third kappa shape index (κ3) is 5.02. The van der Waals surface area contributed by atoms with Crippen LogP contribution in [0, 0.1) is 0 Å². The van der Waals surface area contributed by atoms with E-state index in [0.29, 0.717) is 11.7 Å². The molecule has 0 aliphatic carbocycles. The summed E-state index contributed by atoms with van der Waals surface area (Å²) in [6.45, 7) is 4.48. The maximum atomic E-state index is 9.93. The van der Waals surface area contributed by atoms with Crippen LogP contribution in [0.1, 0.15) is 63.9 Å². The summed E-state index contributed by atoms with van der Waals surface area (Å²) in [5, 5.41) is 9.93. The van der Waals surface area contributed by atoms with Crippen molar-refractivity contribution in [3.63, 3.8) is 0 Å². The minimum Gasteiger partial charge on any atom is -0.504 e. The van der Waals surface area contributed by atoms with Gasteiger partial charge in [-0.3, -0.25) is 0 Å². The number of benzene rings is 2.